The third kappa shape index (κ3) is 3.76. The molecule has 2 rings (SSSR count). The molecule has 1 amide bonds. The van der Waals surface area contributed by atoms with Gasteiger partial charge in [0, 0.05) is 13.2 Å². The molecule has 0 aliphatic heterocycles. The molecular formula is C13H17N5O3. The van der Waals surface area contributed by atoms with Crippen molar-refractivity contribution in [3.8, 4) is 5.69 Å². The lowest BCUT2D eigenvalue weighted by atomic mass is 10.3. The molecule has 0 unspecified atom stereocenters. The van der Waals surface area contributed by atoms with Gasteiger partial charge < -0.3 is 10.1 Å². The maximum Gasteiger partial charge on any atom is 0.368 e. The molecule has 0 radical (unpaired) electrons. The van der Waals surface area contributed by atoms with E-state index in [9.17, 15) is 9.59 Å². The van der Waals surface area contributed by atoms with E-state index in [4.69, 9.17) is 4.74 Å². The molecule has 8 heteroatoms. The average Bonchev–Trinajstić information content (AvgIpc) is 2.81. The maximum atomic E-state index is 12.1. The fourth-order valence-electron chi connectivity index (χ4n) is 1.85. The largest absolute Gasteiger partial charge is 0.383 e. The molecule has 1 heterocycles. The van der Waals surface area contributed by atoms with Crippen molar-refractivity contribution in [1.29, 1.82) is 0 Å². The third-order valence-corrected chi connectivity index (χ3v) is 2.76. The van der Waals surface area contributed by atoms with Crippen LogP contribution in [0.3, 0.4) is 0 Å². The number of rotatable bonds is 6. The van der Waals surface area contributed by atoms with E-state index in [1.54, 1.807) is 31.4 Å². The topological polar surface area (TPSA) is 91.0 Å². The molecule has 0 saturated heterocycles. The molecule has 2 aromatic rings. The first kappa shape index (κ1) is 14.9. The van der Waals surface area contributed by atoms with E-state index in [1.807, 2.05) is 13.0 Å². The predicted molar refractivity (Wildman–Crippen MR) is 75.1 cm³/mol. The Hall–Kier alpha value is -2.48. The molecule has 8 nitrogen and oxygen atoms in total. The summed E-state index contributed by atoms with van der Waals surface area (Å²) in [5.74, 6) is -0.318. The van der Waals surface area contributed by atoms with Crippen molar-refractivity contribution in [2.45, 2.75) is 19.5 Å². The first-order valence-corrected chi connectivity index (χ1v) is 6.48. The minimum atomic E-state index is -0.462. The first-order valence-electron chi connectivity index (χ1n) is 6.48. The van der Waals surface area contributed by atoms with Crippen LogP contribution in [0.2, 0.25) is 0 Å². The van der Waals surface area contributed by atoms with Crippen molar-refractivity contribution in [3.05, 3.63) is 40.8 Å². The summed E-state index contributed by atoms with van der Waals surface area (Å²) in [7, 11) is 1.55. The molecule has 1 atom stereocenters. The van der Waals surface area contributed by atoms with E-state index >= 15 is 0 Å². The number of hydrogen-bond acceptors (Lipinski definition) is 5. The number of amides is 1. The lowest BCUT2D eigenvalue weighted by molar-refractivity contribution is -0.122. The lowest BCUT2D eigenvalue weighted by Crippen LogP contribution is -2.39. The summed E-state index contributed by atoms with van der Waals surface area (Å²) in [6.45, 7) is 2.03. The Morgan fingerprint density at radius 2 is 2.05 bits per heavy atom. The number of carbonyl (C=O) groups excluding carboxylic acids is 1. The van der Waals surface area contributed by atoms with Crippen LogP contribution in [-0.2, 0) is 16.1 Å². The van der Waals surface area contributed by atoms with Crippen molar-refractivity contribution in [1.82, 2.24) is 25.1 Å². The van der Waals surface area contributed by atoms with Gasteiger partial charge in [-0.15, -0.1) is 0 Å². The highest BCUT2D eigenvalue weighted by Crippen LogP contribution is 2.00. The van der Waals surface area contributed by atoms with Crippen LogP contribution in [0.5, 0.6) is 0 Å². The number of nitrogens with one attached hydrogen (secondary N) is 1. The highest BCUT2D eigenvalue weighted by Gasteiger charge is 2.13. The van der Waals surface area contributed by atoms with Gasteiger partial charge in [0.15, 0.2) is 0 Å². The SMILES string of the molecule is COC[C@@H](C)NC(=O)Cn1nnn(-c2ccccc2)c1=O. The summed E-state index contributed by atoms with van der Waals surface area (Å²) in [5.41, 5.74) is 0.137. The van der Waals surface area contributed by atoms with Crippen molar-refractivity contribution < 1.29 is 9.53 Å². The highest BCUT2D eigenvalue weighted by molar-refractivity contribution is 5.75. The van der Waals surface area contributed by atoms with Gasteiger partial charge in [0.1, 0.15) is 6.54 Å². The minimum absolute atomic E-state index is 0.137. The number of para-hydroxylation sites is 1. The summed E-state index contributed by atoms with van der Waals surface area (Å²) in [5, 5.41) is 10.2. The average molecular weight is 291 g/mol. The second kappa shape index (κ2) is 6.80. The van der Waals surface area contributed by atoms with E-state index in [0.717, 1.165) is 9.36 Å². The number of hydrogen-bond donors (Lipinski definition) is 1. The summed E-state index contributed by atoms with van der Waals surface area (Å²) in [6, 6.07) is 8.76. The van der Waals surface area contributed by atoms with Crippen molar-refractivity contribution >= 4 is 5.91 Å². The van der Waals surface area contributed by atoms with Crippen LogP contribution < -0.4 is 11.0 Å². The Kier molecular flexibility index (Phi) is 4.83. The number of benzene rings is 1. The van der Waals surface area contributed by atoms with Crippen molar-refractivity contribution in [3.63, 3.8) is 0 Å². The van der Waals surface area contributed by atoms with E-state index < -0.39 is 5.69 Å². The molecular weight excluding hydrogens is 274 g/mol. The molecule has 0 spiro atoms. The number of carbonyl (C=O) groups is 1. The first-order chi connectivity index (χ1) is 10.1. The Balaban J connectivity index is 2.08. The van der Waals surface area contributed by atoms with Gasteiger partial charge in [-0.25, -0.2) is 4.79 Å². The zero-order valence-corrected chi connectivity index (χ0v) is 11.9. The number of tetrazole rings is 1. The van der Waals surface area contributed by atoms with Crippen molar-refractivity contribution in [2.75, 3.05) is 13.7 Å². The number of aromatic nitrogens is 4. The Morgan fingerprint density at radius 3 is 2.71 bits per heavy atom. The molecule has 0 fully saturated rings. The van der Waals surface area contributed by atoms with Gasteiger partial charge >= 0.3 is 5.69 Å². The fourth-order valence-corrected chi connectivity index (χ4v) is 1.85. The van der Waals surface area contributed by atoms with Crippen LogP contribution in [-0.4, -0.2) is 45.5 Å². The van der Waals surface area contributed by atoms with Gasteiger partial charge in [-0.05, 0) is 29.5 Å². The molecule has 1 aromatic carbocycles. The Morgan fingerprint density at radius 1 is 1.33 bits per heavy atom. The molecule has 0 aliphatic rings. The predicted octanol–water partition coefficient (Wildman–Crippen LogP) is -0.420. The number of nitrogens with zero attached hydrogens (tertiary/aromatic N) is 4. The van der Waals surface area contributed by atoms with Crippen LogP contribution in [0.15, 0.2) is 35.1 Å². The van der Waals surface area contributed by atoms with Crippen LogP contribution in [0.25, 0.3) is 5.69 Å². The summed E-state index contributed by atoms with van der Waals surface area (Å²) < 4.78 is 7.09. The summed E-state index contributed by atoms with van der Waals surface area (Å²) >= 11 is 0. The zero-order chi connectivity index (χ0) is 15.2. The van der Waals surface area contributed by atoms with Gasteiger partial charge in [0.25, 0.3) is 0 Å². The van der Waals surface area contributed by atoms with Gasteiger partial charge in [-0.3, -0.25) is 4.79 Å². The fraction of sp³-hybridized carbons (Fsp3) is 0.385. The minimum Gasteiger partial charge on any atom is -0.383 e. The normalized spacial score (nSPS) is 12.1. The molecule has 21 heavy (non-hydrogen) atoms. The van der Waals surface area contributed by atoms with E-state index in [1.165, 1.54) is 0 Å². The van der Waals surface area contributed by atoms with Gasteiger partial charge in [-0.1, -0.05) is 18.2 Å². The van der Waals surface area contributed by atoms with E-state index in [2.05, 4.69) is 15.7 Å². The van der Waals surface area contributed by atoms with Gasteiger partial charge in [-0.2, -0.15) is 9.36 Å². The van der Waals surface area contributed by atoms with E-state index in [-0.39, 0.29) is 18.5 Å². The van der Waals surface area contributed by atoms with Gasteiger partial charge in [0.05, 0.1) is 12.3 Å². The monoisotopic (exact) mass is 291 g/mol. The quantitative estimate of drug-likeness (QED) is 0.780. The molecule has 0 bridgehead atoms. The lowest BCUT2D eigenvalue weighted by Gasteiger charge is -2.11. The summed E-state index contributed by atoms with van der Waals surface area (Å²) in [6.07, 6.45) is 0. The number of methoxy groups -OCH3 is 1. The van der Waals surface area contributed by atoms with Gasteiger partial charge in [0.2, 0.25) is 5.91 Å². The second-order valence-corrected chi connectivity index (χ2v) is 4.59. The Bertz CT molecular complexity index is 649. The van der Waals surface area contributed by atoms with E-state index in [0.29, 0.717) is 12.3 Å². The van der Waals surface area contributed by atoms with Crippen LogP contribution in [0.4, 0.5) is 0 Å². The van der Waals surface area contributed by atoms with Crippen LogP contribution in [0, 0.1) is 0 Å². The highest BCUT2D eigenvalue weighted by atomic mass is 16.5. The van der Waals surface area contributed by atoms with Crippen molar-refractivity contribution in [2.24, 2.45) is 0 Å². The standard InChI is InChI=1S/C13H17N5O3/c1-10(9-21-2)14-12(19)8-17-13(20)18(16-15-17)11-6-4-3-5-7-11/h3-7,10H,8-9H2,1-2H3,(H,14,19)/t10-/m1/s1. The molecule has 0 saturated carbocycles. The summed E-state index contributed by atoms with van der Waals surface area (Å²) in [4.78, 5) is 23.9. The molecule has 1 N–H and O–H groups in total. The zero-order valence-electron chi connectivity index (χ0n) is 11.9. The smallest absolute Gasteiger partial charge is 0.368 e. The Labute approximate surface area is 121 Å². The maximum absolute atomic E-state index is 12.1. The third-order valence-electron chi connectivity index (χ3n) is 2.76. The number of ether oxygens (including phenoxy) is 1. The molecule has 1 aromatic heterocycles. The van der Waals surface area contributed by atoms with Crippen LogP contribution in [0.1, 0.15) is 6.92 Å². The van der Waals surface area contributed by atoms with Crippen LogP contribution >= 0.6 is 0 Å². The molecule has 0 aliphatic carbocycles. The molecule has 112 valence electrons. The second-order valence-electron chi connectivity index (χ2n) is 4.59.